The van der Waals surface area contributed by atoms with Crippen molar-refractivity contribution in [1.29, 1.82) is 5.26 Å². The number of rotatable bonds is 9. The number of ether oxygens (including phenoxy) is 1. The van der Waals surface area contributed by atoms with Crippen LogP contribution in [0.25, 0.3) is 0 Å². The summed E-state index contributed by atoms with van der Waals surface area (Å²) in [5.41, 5.74) is 8.51. The third kappa shape index (κ3) is 13.6. The number of nitrogens with zero attached hydrogens (tertiary/aromatic N) is 3. The van der Waals surface area contributed by atoms with Gasteiger partial charge >= 0.3 is 0 Å². The van der Waals surface area contributed by atoms with Crippen molar-refractivity contribution in [2.24, 2.45) is 0 Å². The quantitative estimate of drug-likeness (QED) is 0.281. The van der Waals surface area contributed by atoms with Gasteiger partial charge in [0.15, 0.2) is 0 Å². The Bertz CT molecular complexity index is 1180. The number of nitrogens with one attached hydrogen (secondary N) is 2. The van der Waals surface area contributed by atoms with Crippen LogP contribution in [-0.2, 0) is 11.3 Å². The molecule has 3 rings (SSSR count). The number of aromatic nitrogens is 1. The average molecular weight is 598 g/mol. The second kappa shape index (κ2) is 21.0. The Morgan fingerprint density at radius 3 is 2.27 bits per heavy atom. The summed E-state index contributed by atoms with van der Waals surface area (Å²) in [4.78, 5) is 7.83. The largest absolute Gasteiger partial charge is 0.379 e. The van der Waals surface area contributed by atoms with Gasteiger partial charge in [-0.2, -0.15) is 5.26 Å². The number of hydrogen-bond acceptors (Lipinski definition) is 7. The molecule has 6 nitrogen and oxygen atoms in total. The minimum Gasteiger partial charge on any atom is -0.379 e. The van der Waals surface area contributed by atoms with E-state index >= 15 is 0 Å². The third-order valence-electron chi connectivity index (χ3n) is 6.46. The first-order chi connectivity index (χ1) is 19.7. The molecule has 0 bridgehead atoms. The molecule has 0 spiro atoms. The van der Waals surface area contributed by atoms with Crippen LogP contribution in [0, 0.1) is 25.2 Å². The van der Waals surface area contributed by atoms with E-state index in [1.165, 1.54) is 28.8 Å². The fourth-order valence-electron chi connectivity index (χ4n) is 3.53. The smallest absolute Gasteiger partial charge is 0.103 e. The molecule has 0 aliphatic carbocycles. The van der Waals surface area contributed by atoms with Crippen molar-refractivity contribution in [1.82, 2.24) is 15.2 Å². The molecule has 41 heavy (non-hydrogen) atoms. The molecule has 0 atom stereocenters. The lowest BCUT2D eigenvalue weighted by atomic mass is 10.1. The second-order valence-electron chi connectivity index (χ2n) is 9.58. The summed E-state index contributed by atoms with van der Waals surface area (Å²) in [7, 11) is 0. The lowest BCUT2D eigenvalue weighted by Crippen LogP contribution is -2.35. The lowest BCUT2D eigenvalue weighted by Gasteiger charge is -2.24. The maximum absolute atomic E-state index is 9.60. The fourth-order valence-corrected chi connectivity index (χ4v) is 4.66. The highest BCUT2D eigenvalue weighted by molar-refractivity contribution is 8.03. The highest BCUT2D eigenvalue weighted by Crippen LogP contribution is 2.38. The normalized spacial score (nSPS) is 14.2. The Morgan fingerprint density at radius 1 is 1.15 bits per heavy atom. The monoisotopic (exact) mass is 597 g/mol. The number of morpholine rings is 1. The number of pyridine rings is 1. The van der Waals surface area contributed by atoms with Crippen LogP contribution in [-0.4, -0.2) is 42.7 Å². The Kier molecular flexibility index (Phi) is 18.6. The van der Waals surface area contributed by atoms with Crippen LogP contribution in [0.2, 0.25) is 0 Å². The number of likely N-dealkylation sites (N-methyl/N-ethyl adjacent to an activating group) is 1. The van der Waals surface area contributed by atoms with Gasteiger partial charge < -0.3 is 15.4 Å². The van der Waals surface area contributed by atoms with E-state index in [0.717, 1.165) is 66.3 Å². The molecule has 8 heteroatoms. The number of halogens is 1. The van der Waals surface area contributed by atoms with Crippen molar-refractivity contribution in [3.8, 4) is 6.07 Å². The minimum atomic E-state index is 0.548. The number of thioether (sulfide) groups is 1. The molecule has 224 valence electrons. The van der Waals surface area contributed by atoms with Crippen LogP contribution in [0.5, 0.6) is 0 Å². The summed E-state index contributed by atoms with van der Waals surface area (Å²) < 4.78 is 5.16. The maximum Gasteiger partial charge on any atom is 0.103 e. The van der Waals surface area contributed by atoms with E-state index in [0.29, 0.717) is 5.56 Å². The fraction of sp³-hybridized carbons (Fsp3) is 0.455. The van der Waals surface area contributed by atoms with E-state index in [4.69, 9.17) is 16.3 Å². The average Bonchev–Trinajstić information content (AvgIpc) is 3.01. The minimum absolute atomic E-state index is 0.548. The summed E-state index contributed by atoms with van der Waals surface area (Å²) >= 11 is 6.65. The van der Waals surface area contributed by atoms with Gasteiger partial charge in [-0.05, 0) is 71.2 Å². The van der Waals surface area contributed by atoms with E-state index in [1.54, 1.807) is 24.0 Å². The van der Waals surface area contributed by atoms with E-state index in [9.17, 15) is 5.26 Å². The molecule has 1 aliphatic rings. The Hall–Kier alpha value is -2.76. The lowest BCUT2D eigenvalue weighted by molar-refractivity contribution is 0.0405. The van der Waals surface area contributed by atoms with E-state index in [2.05, 4.69) is 78.5 Å². The van der Waals surface area contributed by atoms with Gasteiger partial charge in [-0.1, -0.05) is 79.2 Å². The van der Waals surface area contributed by atoms with Gasteiger partial charge in [0.1, 0.15) is 6.07 Å². The Morgan fingerprint density at radius 2 is 1.78 bits per heavy atom. The molecule has 0 unspecified atom stereocenters. The molecule has 0 radical (unpaired) electrons. The second-order valence-corrected chi connectivity index (χ2v) is 10.9. The third-order valence-corrected chi connectivity index (χ3v) is 8.11. The number of benzene rings is 1. The summed E-state index contributed by atoms with van der Waals surface area (Å²) in [5, 5.41) is 17.7. The first-order valence-corrected chi connectivity index (χ1v) is 15.5. The molecule has 1 saturated heterocycles. The molecule has 1 fully saturated rings. The predicted molar refractivity (Wildman–Crippen MR) is 177 cm³/mol. The molecule has 2 aromatic rings. The summed E-state index contributed by atoms with van der Waals surface area (Å²) in [6.45, 7) is 22.4. The zero-order valence-corrected chi connectivity index (χ0v) is 27.7. The molecular weight excluding hydrogens is 550 g/mol. The SMILES string of the molecule is C/C=C(\C)Nc1c(C#N)cnc(C)c1SC(NCc1ccc(C)cc1)=C(C)CC.C/C=C/Cl.CCN1CCOCC1. The molecule has 0 saturated carbocycles. The number of hydrogen-bond donors (Lipinski definition) is 2. The molecule has 0 amide bonds. The highest BCUT2D eigenvalue weighted by Gasteiger charge is 2.16. The van der Waals surface area contributed by atoms with Crippen molar-refractivity contribution in [2.45, 2.75) is 73.3 Å². The number of nitriles is 1. The van der Waals surface area contributed by atoms with Crippen molar-refractivity contribution in [3.63, 3.8) is 0 Å². The van der Waals surface area contributed by atoms with Crippen LogP contribution >= 0.6 is 23.4 Å². The Balaban J connectivity index is 0.000000579. The van der Waals surface area contributed by atoms with Crippen molar-refractivity contribution < 1.29 is 4.74 Å². The topological polar surface area (TPSA) is 73.2 Å². The highest BCUT2D eigenvalue weighted by atomic mass is 35.5. The number of anilines is 1. The molecule has 1 aliphatic heterocycles. The first-order valence-electron chi connectivity index (χ1n) is 14.2. The van der Waals surface area contributed by atoms with Crippen LogP contribution in [0.1, 0.15) is 70.3 Å². The maximum atomic E-state index is 9.60. The molecule has 2 heterocycles. The van der Waals surface area contributed by atoms with Gasteiger partial charge in [-0.3, -0.25) is 9.88 Å². The van der Waals surface area contributed by atoms with Gasteiger partial charge in [0, 0.05) is 31.5 Å². The van der Waals surface area contributed by atoms with Crippen LogP contribution in [0.3, 0.4) is 0 Å². The summed E-state index contributed by atoms with van der Waals surface area (Å²) in [6.07, 6.45) is 6.35. The predicted octanol–water partition coefficient (Wildman–Crippen LogP) is 8.53. The molecule has 1 aromatic carbocycles. The molecule has 2 N–H and O–H groups in total. The zero-order chi connectivity index (χ0) is 30.6. The summed E-state index contributed by atoms with van der Waals surface area (Å²) in [5.74, 6) is 0. The van der Waals surface area contributed by atoms with Gasteiger partial charge in [0.25, 0.3) is 0 Å². The van der Waals surface area contributed by atoms with Crippen LogP contribution in [0.15, 0.2) is 69.3 Å². The van der Waals surface area contributed by atoms with Gasteiger partial charge in [0.05, 0.1) is 40.1 Å². The van der Waals surface area contributed by atoms with Crippen molar-refractivity contribution in [2.75, 3.05) is 38.2 Å². The molecule has 1 aromatic heterocycles. The van der Waals surface area contributed by atoms with E-state index in [-0.39, 0.29) is 0 Å². The molecular formula is C33H48ClN5OS. The Labute approximate surface area is 257 Å². The van der Waals surface area contributed by atoms with Gasteiger partial charge in [-0.25, -0.2) is 0 Å². The van der Waals surface area contributed by atoms with Crippen molar-refractivity contribution >= 4 is 29.1 Å². The van der Waals surface area contributed by atoms with E-state index in [1.807, 2.05) is 33.8 Å². The standard InChI is InChI=1S/C24H30N4S.C6H13NO.C3H5Cl/c1-7-17(4)24(27-14-20-11-9-16(3)10-12-20)29-23-19(6)26-15-21(13-25)22(23)28-18(5)8-2;1-2-7-3-5-8-6-4-7;1-2-3-4/h8-12,15,27H,7,14H2,1-6H3,(H,26,28);2-6H2,1H3;2-3H,1H3/b18-8+,24-17?;;3-2+. The van der Waals surface area contributed by atoms with Crippen molar-refractivity contribution in [3.05, 3.63) is 86.8 Å². The van der Waals surface area contributed by atoms with Crippen LogP contribution in [0.4, 0.5) is 5.69 Å². The zero-order valence-electron chi connectivity index (χ0n) is 26.1. The summed E-state index contributed by atoms with van der Waals surface area (Å²) in [6, 6.07) is 10.8. The van der Waals surface area contributed by atoms with Gasteiger partial charge in [0.2, 0.25) is 0 Å². The first kappa shape index (κ1) is 36.3. The number of aryl methyl sites for hydroxylation is 2. The van der Waals surface area contributed by atoms with Gasteiger partial charge in [-0.15, -0.1) is 0 Å². The van der Waals surface area contributed by atoms with Crippen LogP contribution < -0.4 is 10.6 Å². The number of allylic oxidation sites excluding steroid dienone is 4. The van der Waals surface area contributed by atoms with E-state index < -0.39 is 0 Å².